The maximum atomic E-state index is 13.6. The van der Waals surface area contributed by atoms with Crippen LogP contribution in [0, 0.1) is 11.6 Å². The van der Waals surface area contributed by atoms with Crippen LogP contribution in [0.5, 0.6) is 5.75 Å². The van der Waals surface area contributed by atoms with Crippen LogP contribution in [0.25, 0.3) is 11.1 Å². The van der Waals surface area contributed by atoms with Gasteiger partial charge in [0.25, 0.3) is 0 Å². The van der Waals surface area contributed by atoms with Gasteiger partial charge in [0, 0.05) is 17.3 Å². The predicted octanol–water partition coefficient (Wildman–Crippen LogP) is 4.11. The van der Waals surface area contributed by atoms with Gasteiger partial charge in [-0.2, -0.15) is 0 Å². The van der Waals surface area contributed by atoms with Crippen LogP contribution in [0.1, 0.15) is 0 Å². The lowest BCUT2D eigenvalue weighted by Crippen LogP contribution is -2.17. The summed E-state index contributed by atoms with van der Waals surface area (Å²) in [6.07, 6.45) is -4.90. The molecule has 0 fully saturated rings. The Kier molecular flexibility index (Phi) is 3.52. The van der Waals surface area contributed by atoms with Crippen LogP contribution < -0.4 is 10.5 Å². The first kappa shape index (κ1) is 14.1. The molecular formula is C13H8F5NO. The molecule has 0 radical (unpaired) electrons. The van der Waals surface area contributed by atoms with Crippen molar-refractivity contribution < 1.29 is 26.7 Å². The van der Waals surface area contributed by atoms with E-state index >= 15 is 0 Å². The monoisotopic (exact) mass is 289 g/mol. The van der Waals surface area contributed by atoms with Gasteiger partial charge in [0.2, 0.25) is 0 Å². The van der Waals surface area contributed by atoms with Crippen LogP contribution in [0.4, 0.5) is 27.6 Å². The van der Waals surface area contributed by atoms with Crippen molar-refractivity contribution in [1.82, 2.24) is 0 Å². The highest BCUT2D eigenvalue weighted by Gasteiger charge is 2.31. The first-order chi connectivity index (χ1) is 9.26. The minimum Gasteiger partial charge on any atom is -0.406 e. The Morgan fingerprint density at radius 1 is 1.00 bits per heavy atom. The molecule has 0 bridgehead atoms. The fourth-order valence-electron chi connectivity index (χ4n) is 1.70. The molecule has 0 unspecified atom stereocenters. The number of alkyl halides is 3. The van der Waals surface area contributed by atoms with E-state index in [2.05, 4.69) is 4.74 Å². The van der Waals surface area contributed by atoms with E-state index in [1.54, 1.807) is 0 Å². The Morgan fingerprint density at radius 3 is 2.35 bits per heavy atom. The molecule has 0 aliphatic heterocycles. The molecule has 0 aliphatic carbocycles. The molecule has 2 N–H and O–H groups in total. The van der Waals surface area contributed by atoms with Crippen LogP contribution in [0.2, 0.25) is 0 Å². The fraction of sp³-hybridized carbons (Fsp3) is 0.0769. The smallest absolute Gasteiger partial charge is 0.406 e. The highest BCUT2D eigenvalue weighted by atomic mass is 19.4. The molecule has 2 nitrogen and oxygen atoms in total. The van der Waals surface area contributed by atoms with E-state index < -0.39 is 23.7 Å². The molecule has 2 rings (SSSR count). The topological polar surface area (TPSA) is 35.2 Å². The molecule has 0 heterocycles. The maximum absolute atomic E-state index is 13.6. The number of halogens is 5. The van der Waals surface area contributed by atoms with E-state index in [1.807, 2.05) is 0 Å². The van der Waals surface area contributed by atoms with Gasteiger partial charge in [0.05, 0.1) is 0 Å². The van der Waals surface area contributed by atoms with E-state index in [1.165, 1.54) is 18.2 Å². The third kappa shape index (κ3) is 3.17. The highest BCUT2D eigenvalue weighted by molar-refractivity contribution is 5.70. The van der Waals surface area contributed by atoms with Crippen molar-refractivity contribution >= 4 is 5.69 Å². The molecule has 20 heavy (non-hydrogen) atoms. The minimum atomic E-state index is -4.90. The van der Waals surface area contributed by atoms with Gasteiger partial charge in [-0.1, -0.05) is 12.1 Å². The van der Waals surface area contributed by atoms with Gasteiger partial charge in [-0.3, -0.25) is 0 Å². The van der Waals surface area contributed by atoms with Crippen LogP contribution in [-0.2, 0) is 0 Å². The zero-order chi connectivity index (χ0) is 14.9. The van der Waals surface area contributed by atoms with Gasteiger partial charge in [0.1, 0.15) is 5.75 Å². The standard InChI is InChI=1S/C13H8F5NO/c14-11-3-1-2-10(12(11)15)7-4-8(19)6-9(5-7)20-13(16,17)18/h1-6H,19H2. The SMILES string of the molecule is Nc1cc(OC(F)(F)F)cc(-c2cccc(F)c2F)c1. The second-order valence-electron chi connectivity index (χ2n) is 3.94. The van der Waals surface area contributed by atoms with Gasteiger partial charge in [0.15, 0.2) is 11.6 Å². The van der Waals surface area contributed by atoms with Crippen molar-refractivity contribution in [3.63, 3.8) is 0 Å². The third-order valence-corrected chi connectivity index (χ3v) is 2.43. The summed E-state index contributed by atoms with van der Waals surface area (Å²) in [6.45, 7) is 0. The Hall–Kier alpha value is -2.31. The van der Waals surface area contributed by atoms with Gasteiger partial charge in [-0.15, -0.1) is 13.2 Å². The molecule has 2 aromatic carbocycles. The van der Waals surface area contributed by atoms with Gasteiger partial charge < -0.3 is 10.5 Å². The number of anilines is 1. The molecule has 7 heteroatoms. The zero-order valence-corrected chi connectivity index (χ0v) is 9.84. The van der Waals surface area contributed by atoms with Crippen molar-refractivity contribution in [1.29, 1.82) is 0 Å². The minimum absolute atomic E-state index is 0.0127. The normalized spacial score (nSPS) is 11.4. The average molecular weight is 289 g/mol. The first-order valence-electron chi connectivity index (χ1n) is 5.37. The van der Waals surface area contributed by atoms with Crippen molar-refractivity contribution in [2.24, 2.45) is 0 Å². The zero-order valence-electron chi connectivity index (χ0n) is 9.84. The highest BCUT2D eigenvalue weighted by Crippen LogP contribution is 2.32. The van der Waals surface area contributed by atoms with Crippen LogP contribution in [-0.4, -0.2) is 6.36 Å². The number of ether oxygens (including phenoxy) is 1. The number of rotatable bonds is 2. The van der Waals surface area contributed by atoms with Crippen LogP contribution in [0.3, 0.4) is 0 Å². The average Bonchev–Trinajstić information content (AvgIpc) is 2.29. The molecule has 0 amide bonds. The Labute approximate surface area is 110 Å². The van der Waals surface area contributed by atoms with Crippen LogP contribution in [0.15, 0.2) is 36.4 Å². The summed E-state index contributed by atoms with van der Waals surface area (Å²) in [5, 5.41) is 0. The summed E-state index contributed by atoms with van der Waals surface area (Å²) in [6, 6.07) is 6.46. The lowest BCUT2D eigenvalue weighted by molar-refractivity contribution is -0.274. The van der Waals surface area contributed by atoms with Crippen LogP contribution >= 0.6 is 0 Å². The summed E-state index contributed by atoms with van der Waals surface area (Å²) in [4.78, 5) is 0. The second kappa shape index (κ2) is 4.99. The second-order valence-corrected chi connectivity index (χ2v) is 3.94. The number of hydrogen-bond acceptors (Lipinski definition) is 2. The molecule has 0 saturated carbocycles. The summed E-state index contributed by atoms with van der Waals surface area (Å²) in [5.74, 6) is -2.88. The Morgan fingerprint density at radius 2 is 1.70 bits per heavy atom. The number of benzene rings is 2. The Balaban J connectivity index is 2.50. The maximum Gasteiger partial charge on any atom is 0.573 e. The van der Waals surface area contributed by atoms with E-state index in [0.717, 1.165) is 18.2 Å². The molecule has 0 spiro atoms. The lowest BCUT2D eigenvalue weighted by atomic mass is 10.0. The molecule has 0 aliphatic rings. The summed E-state index contributed by atoms with van der Waals surface area (Å²) < 4.78 is 66.9. The first-order valence-corrected chi connectivity index (χ1v) is 5.37. The van der Waals surface area contributed by atoms with E-state index in [4.69, 9.17) is 5.73 Å². The quantitative estimate of drug-likeness (QED) is 0.667. The molecule has 2 aromatic rings. The van der Waals surface area contributed by atoms with Crippen molar-refractivity contribution in [2.75, 3.05) is 5.73 Å². The molecule has 0 aromatic heterocycles. The summed E-state index contributed by atoms with van der Waals surface area (Å²) in [7, 11) is 0. The van der Waals surface area contributed by atoms with E-state index in [0.29, 0.717) is 0 Å². The fourth-order valence-corrected chi connectivity index (χ4v) is 1.70. The Bertz CT molecular complexity index is 639. The molecule has 0 saturated heterocycles. The van der Waals surface area contributed by atoms with E-state index in [9.17, 15) is 22.0 Å². The van der Waals surface area contributed by atoms with Crippen molar-refractivity contribution in [3.8, 4) is 16.9 Å². The van der Waals surface area contributed by atoms with Gasteiger partial charge >= 0.3 is 6.36 Å². The van der Waals surface area contributed by atoms with Crippen molar-refractivity contribution in [3.05, 3.63) is 48.0 Å². The van der Waals surface area contributed by atoms with Gasteiger partial charge in [-0.05, 0) is 23.8 Å². The lowest BCUT2D eigenvalue weighted by Gasteiger charge is -2.12. The number of hydrogen-bond donors (Lipinski definition) is 1. The molecule has 0 atom stereocenters. The third-order valence-electron chi connectivity index (χ3n) is 2.43. The van der Waals surface area contributed by atoms with E-state index in [-0.39, 0.29) is 16.8 Å². The summed E-state index contributed by atoms with van der Waals surface area (Å²) >= 11 is 0. The number of nitrogen functional groups attached to an aromatic ring is 1. The predicted molar refractivity (Wildman–Crippen MR) is 62.9 cm³/mol. The largest absolute Gasteiger partial charge is 0.573 e. The molecule has 106 valence electrons. The summed E-state index contributed by atoms with van der Waals surface area (Å²) in [5.41, 5.74) is 5.16. The number of nitrogens with two attached hydrogens (primary N) is 1. The van der Waals surface area contributed by atoms with Gasteiger partial charge in [-0.25, -0.2) is 8.78 Å². The molecular weight excluding hydrogens is 281 g/mol. The van der Waals surface area contributed by atoms with Crippen molar-refractivity contribution in [2.45, 2.75) is 6.36 Å².